The van der Waals surface area contributed by atoms with Gasteiger partial charge in [-0.2, -0.15) is 0 Å². The number of aromatic nitrogens is 2. The van der Waals surface area contributed by atoms with Crippen molar-refractivity contribution in [2.24, 2.45) is 5.92 Å². The first kappa shape index (κ1) is 18.1. The molecule has 1 aromatic heterocycles. The highest BCUT2D eigenvalue weighted by Crippen LogP contribution is 2.32. The summed E-state index contributed by atoms with van der Waals surface area (Å²) >= 11 is 3.16. The first-order chi connectivity index (χ1) is 11.4. The Hall–Kier alpha value is -2.29. The highest BCUT2D eigenvalue weighted by atomic mass is 79.9. The second-order valence-corrected chi connectivity index (χ2v) is 6.45. The molecule has 1 heterocycles. The van der Waals surface area contributed by atoms with Crippen molar-refractivity contribution in [3.8, 4) is 0 Å². The minimum atomic E-state index is -0.587. The van der Waals surface area contributed by atoms with Gasteiger partial charge in [-0.25, -0.2) is 14.4 Å². The Balaban J connectivity index is 2.30. The fourth-order valence-corrected chi connectivity index (χ4v) is 2.30. The highest BCUT2D eigenvalue weighted by Gasteiger charge is 2.23. The van der Waals surface area contributed by atoms with Gasteiger partial charge in [0.1, 0.15) is 12.1 Å². The maximum atomic E-state index is 13.9. The van der Waals surface area contributed by atoms with Crippen molar-refractivity contribution >= 4 is 38.9 Å². The van der Waals surface area contributed by atoms with Gasteiger partial charge >= 0.3 is 5.69 Å². The quantitative estimate of drug-likeness (QED) is 0.528. The lowest BCUT2D eigenvalue weighted by Gasteiger charge is -2.11. The third kappa shape index (κ3) is 4.60. The van der Waals surface area contributed by atoms with Crippen LogP contribution in [0.1, 0.15) is 20.3 Å². The normalized spacial score (nSPS) is 10.7. The molecular formula is C15H17BrFN5O2. The number of rotatable bonds is 7. The minimum Gasteiger partial charge on any atom is -0.364 e. The third-order valence-corrected chi connectivity index (χ3v) is 3.70. The van der Waals surface area contributed by atoms with Crippen LogP contribution in [0.25, 0.3) is 0 Å². The topological polar surface area (TPSA) is 93.0 Å². The summed E-state index contributed by atoms with van der Waals surface area (Å²) in [4.78, 5) is 18.6. The molecule has 24 heavy (non-hydrogen) atoms. The highest BCUT2D eigenvalue weighted by molar-refractivity contribution is 9.10. The van der Waals surface area contributed by atoms with E-state index in [0.29, 0.717) is 16.9 Å². The molecule has 1 aromatic carbocycles. The van der Waals surface area contributed by atoms with Gasteiger partial charge in [-0.05, 0) is 30.5 Å². The van der Waals surface area contributed by atoms with E-state index in [4.69, 9.17) is 0 Å². The summed E-state index contributed by atoms with van der Waals surface area (Å²) in [5, 5.41) is 17.0. The van der Waals surface area contributed by atoms with E-state index >= 15 is 0 Å². The fourth-order valence-electron chi connectivity index (χ4n) is 1.97. The number of hydrogen-bond donors (Lipinski definition) is 2. The molecule has 0 bridgehead atoms. The van der Waals surface area contributed by atoms with Crippen molar-refractivity contribution in [2.75, 3.05) is 17.2 Å². The largest absolute Gasteiger partial charge is 0.364 e. The standard InChI is InChI=1S/C15H17BrFN5O2/c1-9(2)5-6-18-14-13(22(23)24)15(20-8-19-14)21-12-4-3-10(16)7-11(12)17/h3-4,7-9H,5-6H2,1-2H3,(H2,18,19,20,21). The molecule has 128 valence electrons. The molecule has 0 fully saturated rings. The van der Waals surface area contributed by atoms with Gasteiger partial charge in [0.05, 0.1) is 10.6 Å². The molecule has 0 aliphatic carbocycles. The smallest absolute Gasteiger partial charge is 0.353 e. The van der Waals surface area contributed by atoms with Crippen LogP contribution in [0.5, 0.6) is 0 Å². The number of hydrogen-bond acceptors (Lipinski definition) is 6. The lowest BCUT2D eigenvalue weighted by molar-refractivity contribution is -0.383. The summed E-state index contributed by atoms with van der Waals surface area (Å²) in [5.74, 6) is -0.0570. The van der Waals surface area contributed by atoms with Gasteiger partial charge in [0.15, 0.2) is 0 Å². The molecule has 2 N–H and O–H groups in total. The summed E-state index contributed by atoms with van der Waals surface area (Å²) in [7, 11) is 0. The van der Waals surface area contributed by atoms with Crippen LogP contribution in [-0.4, -0.2) is 21.4 Å². The lowest BCUT2D eigenvalue weighted by Crippen LogP contribution is -2.10. The van der Waals surface area contributed by atoms with Crippen LogP contribution in [0.3, 0.4) is 0 Å². The molecule has 0 unspecified atom stereocenters. The summed E-state index contributed by atoms with van der Waals surface area (Å²) in [5.41, 5.74) is -0.225. The van der Waals surface area contributed by atoms with Crippen molar-refractivity contribution in [1.82, 2.24) is 9.97 Å². The van der Waals surface area contributed by atoms with E-state index in [1.807, 2.05) is 0 Å². The average Bonchev–Trinajstić information content (AvgIpc) is 2.49. The maximum Gasteiger partial charge on any atom is 0.353 e. The molecular weight excluding hydrogens is 381 g/mol. The molecule has 7 nitrogen and oxygen atoms in total. The van der Waals surface area contributed by atoms with Crippen LogP contribution in [0, 0.1) is 21.8 Å². The van der Waals surface area contributed by atoms with E-state index in [1.54, 1.807) is 6.07 Å². The Morgan fingerprint density at radius 3 is 2.67 bits per heavy atom. The maximum absolute atomic E-state index is 13.9. The number of nitrogens with zero attached hydrogens (tertiary/aromatic N) is 3. The van der Waals surface area contributed by atoms with Crippen LogP contribution < -0.4 is 10.6 Å². The summed E-state index contributed by atoms with van der Waals surface area (Å²) in [6, 6.07) is 4.36. The van der Waals surface area contributed by atoms with Crippen molar-refractivity contribution in [1.29, 1.82) is 0 Å². The Kier molecular flexibility index (Phi) is 6.02. The molecule has 0 amide bonds. The zero-order chi connectivity index (χ0) is 17.7. The summed E-state index contributed by atoms with van der Waals surface area (Å²) < 4.78 is 14.5. The molecule has 0 aliphatic rings. The monoisotopic (exact) mass is 397 g/mol. The Bertz CT molecular complexity index is 742. The number of anilines is 3. The molecule has 2 rings (SSSR count). The zero-order valence-corrected chi connectivity index (χ0v) is 14.8. The number of nitro groups is 1. The second-order valence-electron chi connectivity index (χ2n) is 5.54. The van der Waals surface area contributed by atoms with Crippen LogP contribution in [0.15, 0.2) is 29.0 Å². The molecule has 9 heteroatoms. The van der Waals surface area contributed by atoms with Gasteiger partial charge in [-0.3, -0.25) is 10.1 Å². The molecule has 0 saturated heterocycles. The van der Waals surface area contributed by atoms with E-state index in [-0.39, 0.29) is 23.0 Å². The molecule has 0 atom stereocenters. The Morgan fingerprint density at radius 1 is 1.33 bits per heavy atom. The second kappa shape index (κ2) is 8.00. The van der Waals surface area contributed by atoms with Crippen LogP contribution in [-0.2, 0) is 0 Å². The number of nitrogens with one attached hydrogen (secondary N) is 2. The SMILES string of the molecule is CC(C)CCNc1ncnc(Nc2ccc(Br)cc2F)c1[N+](=O)[O-]. The van der Waals surface area contributed by atoms with Crippen molar-refractivity contribution in [3.63, 3.8) is 0 Å². The third-order valence-electron chi connectivity index (χ3n) is 3.20. The van der Waals surface area contributed by atoms with Gasteiger partial charge in [-0.15, -0.1) is 0 Å². The predicted octanol–water partition coefficient (Wildman–Crippen LogP) is 4.49. The van der Waals surface area contributed by atoms with E-state index in [9.17, 15) is 14.5 Å². The van der Waals surface area contributed by atoms with E-state index in [1.165, 1.54) is 18.5 Å². The molecule has 2 aromatic rings. The molecule has 0 aliphatic heterocycles. The van der Waals surface area contributed by atoms with E-state index in [2.05, 4.69) is 50.4 Å². The van der Waals surface area contributed by atoms with Crippen molar-refractivity contribution < 1.29 is 9.31 Å². The van der Waals surface area contributed by atoms with Gasteiger partial charge < -0.3 is 10.6 Å². The van der Waals surface area contributed by atoms with Gasteiger partial charge in [-0.1, -0.05) is 29.8 Å². The molecule has 0 radical (unpaired) electrons. The van der Waals surface area contributed by atoms with E-state index in [0.717, 1.165) is 6.42 Å². The first-order valence-electron chi connectivity index (χ1n) is 7.33. The van der Waals surface area contributed by atoms with Gasteiger partial charge in [0.2, 0.25) is 11.6 Å². The number of halogens is 2. The van der Waals surface area contributed by atoms with Gasteiger partial charge in [0, 0.05) is 11.0 Å². The summed E-state index contributed by atoms with van der Waals surface area (Å²) in [6.07, 6.45) is 2.04. The van der Waals surface area contributed by atoms with Crippen LogP contribution in [0.2, 0.25) is 0 Å². The van der Waals surface area contributed by atoms with Gasteiger partial charge in [0.25, 0.3) is 0 Å². The van der Waals surface area contributed by atoms with Crippen LogP contribution in [0.4, 0.5) is 27.4 Å². The lowest BCUT2D eigenvalue weighted by atomic mass is 10.1. The van der Waals surface area contributed by atoms with E-state index < -0.39 is 10.7 Å². The minimum absolute atomic E-state index is 0.0664. The molecule has 0 saturated carbocycles. The predicted molar refractivity (Wildman–Crippen MR) is 94.0 cm³/mol. The van der Waals surface area contributed by atoms with Crippen molar-refractivity contribution in [3.05, 3.63) is 44.9 Å². The average molecular weight is 398 g/mol. The Labute approximate surface area is 147 Å². The zero-order valence-electron chi connectivity index (χ0n) is 13.2. The van der Waals surface area contributed by atoms with Crippen molar-refractivity contribution in [2.45, 2.75) is 20.3 Å². The Morgan fingerprint density at radius 2 is 2.04 bits per heavy atom. The first-order valence-corrected chi connectivity index (χ1v) is 8.13. The van der Waals surface area contributed by atoms with Crippen LogP contribution >= 0.6 is 15.9 Å². The number of benzene rings is 1. The fraction of sp³-hybridized carbons (Fsp3) is 0.333. The molecule has 0 spiro atoms. The summed E-state index contributed by atoms with van der Waals surface area (Å²) in [6.45, 7) is 4.65.